The molecule has 1 fully saturated rings. The SMILES string of the molecule is CC(=O)O.N#Cc1c(-c2ccc3c(c2)OCCO3)cc(C2CCCNC2)nc1N. The maximum Gasteiger partial charge on any atom is 0.300 e. The summed E-state index contributed by atoms with van der Waals surface area (Å²) in [6.07, 6.45) is 2.19. The number of fused-ring (bicyclic) bond motifs is 1. The Hall–Kier alpha value is -3.31. The monoisotopic (exact) mass is 396 g/mol. The number of nitrogen functional groups attached to an aromatic ring is 1. The number of carboxylic acids is 1. The van der Waals surface area contributed by atoms with Crippen molar-refractivity contribution in [1.82, 2.24) is 10.3 Å². The van der Waals surface area contributed by atoms with E-state index in [2.05, 4.69) is 16.4 Å². The second-order valence-corrected chi connectivity index (χ2v) is 6.89. The third-order valence-corrected chi connectivity index (χ3v) is 4.75. The number of hydrogen-bond donors (Lipinski definition) is 3. The van der Waals surface area contributed by atoms with E-state index in [-0.39, 0.29) is 5.82 Å². The van der Waals surface area contributed by atoms with Crippen LogP contribution in [-0.4, -0.2) is 42.4 Å². The summed E-state index contributed by atoms with van der Waals surface area (Å²) in [5.41, 5.74) is 9.14. The highest BCUT2D eigenvalue weighted by Crippen LogP contribution is 2.37. The molecule has 1 aromatic heterocycles. The number of anilines is 1. The van der Waals surface area contributed by atoms with Gasteiger partial charge in [0.05, 0.1) is 0 Å². The van der Waals surface area contributed by atoms with Crippen molar-refractivity contribution in [2.75, 3.05) is 32.0 Å². The standard InChI is InChI=1S/C19H20N4O2.C2H4O2/c20-10-15-14(12-3-4-17-18(8-12)25-7-6-24-17)9-16(23-19(15)21)13-2-1-5-22-11-13;1-2(3)4/h3-4,8-9,13,22H,1-2,5-7,11H2,(H2,21,23);1H3,(H,3,4). The summed E-state index contributed by atoms with van der Waals surface area (Å²) in [7, 11) is 0. The Bertz CT molecular complexity index is 929. The van der Waals surface area contributed by atoms with E-state index in [1.54, 1.807) is 0 Å². The zero-order chi connectivity index (χ0) is 20.8. The molecule has 3 heterocycles. The molecule has 2 aliphatic rings. The highest BCUT2D eigenvalue weighted by molar-refractivity contribution is 5.77. The Morgan fingerprint density at radius 3 is 2.69 bits per heavy atom. The van der Waals surface area contributed by atoms with Crippen LogP contribution in [0.4, 0.5) is 5.82 Å². The van der Waals surface area contributed by atoms with E-state index in [4.69, 9.17) is 25.1 Å². The first-order valence-electron chi connectivity index (χ1n) is 9.50. The summed E-state index contributed by atoms with van der Waals surface area (Å²) in [4.78, 5) is 13.5. The van der Waals surface area contributed by atoms with Crippen LogP contribution in [0.1, 0.15) is 36.9 Å². The Labute approximate surface area is 169 Å². The van der Waals surface area contributed by atoms with Crippen molar-refractivity contribution in [3.05, 3.63) is 35.5 Å². The number of carboxylic acid groups (broad SMARTS) is 1. The fraction of sp³-hybridized carbons (Fsp3) is 0.381. The number of hydrogen-bond acceptors (Lipinski definition) is 7. The van der Waals surface area contributed by atoms with Crippen LogP contribution in [0.2, 0.25) is 0 Å². The number of nitrogens with one attached hydrogen (secondary N) is 1. The minimum absolute atomic E-state index is 0.287. The van der Waals surface area contributed by atoms with E-state index in [0.717, 1.165) is 55.4 Å². The van der Waals surface area contributed by atoms with Crippen LogP contribution in [0.25, 0.3) is 11.1 Å². The van der Waals surface area contributed by atoms with E-state index in [0.29, 0.717) is 30.4 Å². The fourth-order valence-electron chi connectivity index (χ4n) is 3.45. The van der Waals surface area contributed by atoms with Gasteiger partial charge in [0, 0.05) is 30.6 Å². The Morgan fingerprint density at radius 1 is 1.31 bits per heavy atom. The lowest BCUT2D eigenvalue weighted by Crippen LogP contribution is -2.29. The lowest BCUT2D eigenvalue weighted by atomic mass is 9.92. The predicted octanol–water partition coefficient (Wildman–Crippen LogP) is 2.53. The molecule has 1 aromatic carbocycles. The number of nitrogens with two attached hydrogens (primary N) is 1. The van der Waals surface area contributed by atoms with Crippen molar-refractivity contribution in [2.24, 2.45) is 0 Å². The molecule has 0 amide bonds. The highest BCUT2D eigenvalue weighted by Gasteiger charge is 2.21. The fourth-order valence-corrected chi connectivity index (χ4v) is 3.45. The van der Waals surface area contributed by atoms with Crippen LogP contribution < -0.4 is 20.5 Å². The van der Waals surface area contributed by atoms with Crippen LogP contribution >= 0.6 is 0 Å². The number of nitriles is 1. The van der Waals surface area contributed by atoms with Crippen molar-refractivity contribution in [3.8, 4) is 28.7 Å². The van der Waals surface area contributed by atoms with E-state index in [1.807, 2.05) is 24.3 Å². The molecule has 4 N–H and O–H groups in total. The number of piperidine rings is 1. The number of ether oxygens (including phenoxy) is 2. The topological polar surface area (TPSA) is 130 Å². The lowest BCUT2D eigenvalue weighted by Gasteiger charge is -2.23. The van der Waals surface area contributed by atoms with Crippen molar-refractivity contribution in [1.29, 1.82) is 5.26 Å². The highest BCUT2D eigenvalue weighted by atomic mass is 16.6. The average Bonchev–Trinajstić information content (AvgIpc) is 2.73. The van der Waals surface area contributed by atoms with Crippen LogP contribution in [-0.2, 0) is 4.79 Å². The molecule has 1 unspecified atom stereocenters. The zero-order valence-corrected chi connectivity index (χ0v) is 16.3. The molecule has 8 heteroatoms. The molecular weight excluding hydrogens is 372 g/mol. The second kappa shape index (κ2) is 9.26. The number of benzene rings is 1. The molecule has 0 radical (unpaired) electrons. The van der Waals surface area contributed by atoms with Crippen molar-refractivity contribution >= 4 is 11.8 Å². The Kier molecular flexibility index (Phi) is 6.52. The molecule has 0 spiro atoms. The van der Waals surface area contributed by atoms with Gasteiger partial charge in [0.2, 0.25) is 0 Å². The molecule has 152 valence electrons. The molecule has 1 atom stereocenters. The van der Waals surface area contributed by atoms with Gasteiger partial charge in [-0.25, -0.2) is 4.98 Å². The molecule has 8 nitrogen and oxygen atoms in total. The van der Waals surface area contributed by atoms with Crippen LogP contribution in [0.3, 0.4) is 0 Å². The van der Waals surface area contributed by atoms with Gasteiger partial charge in [0.15, 0.2) is 11.5 Å². The molecule has 0 bridgehead atoms. The number of nitrogens with zero attached hydrogens (tertiary/aromatic N) is 2. The third-order valence-electron chi connectivity index (χ3n) is 4.75. The Balaban J connectivity index is 0.000000552. The summed E-state index contributed by atoms with van der Waals surface area (Å²) in [5.74, 6) is 1.20. The number of rotatable bonds is 2. The molecule has 0 aliphatic carbocycles. The number of pyridine rings is 1. The molecule has 0 saturated carbocycles. The minimum atomic E-state index is -0.833. The van der Waals surface area contributed by atoms with Gasteiger partial charge < -0.3 is 25.6 Å². The molecular formula is C21H24N4O4. The van der Waals surface area contributed by atoms with Gasteiger partial charge in [-0.15, -0.1) is 0 Å². The quantitative estimate of drug-likeness (QED) is 0.706. The van der Waals surface area contributed by atoms with Gasteiger partial charge >= 0.3 is 0 Å². The molecule has 2 aliphatic heterocycles. The summed E-state index contributed by atoms with van der Waals surface area (Å²) >= 11 is 0. The molecule has 29 heavy (non-hydrogen) atoms. The molecule has 4 rings (SSSR count). The molecule has 2 aromatic rings. The first-order chi connectivity index (χ1) is 14.0. The van der Waals surface area contributed by atoms with Gasteiger partial charge in [0.25, 0.3) is 5.97 Å². The Morgan fingerprint density at radius 2 is 2.03 bits per heavy atom. The van der Waals surface area contributed by atoms with Crippen molar-refractivity contribution in [3.63, 3.8) is 0 Å². The van der Waals surface area contributed by atoms with Crippen LogP contribution in [0.15, 0.2) is 24.3 Å². The van der Waals surface area contributed by atoms with E-state index < -0.39 is 5.97 Å². The van der Waals surface area contributed by atoms with Gasteiger partial charge in [0.1, 0.15) is 30.7 Å². The van der Waals surface area contributed by atoms with Gasteiger partial charge in [-0.1, -0.05) is 6.07 Å². The second-order valence-electron chi connectivity index (χ2n) is 6.89. The maximum absolute atomic E-state index is 9.56. The smallest absolute Gasteiger partial charge is 0.300 e. The van der Waals surface area contributed by atoms with Gasteiger partial charge in [-0.05, 0) is 43.1 Å². The lowest BCUT2D eigenvalue weighted by molar-refractivity contribution is -0.134. The zero-order valence-electron chi connectivity index (χ0n) is 16.3. The first-order valence-corrected chi connectivity index (χ1v) is 9.50. The number of aromatic nitrogens is 1. The number of aliphatic carboxylic acids is 1. The van der Waals surface area contributed by atoms with E-state index >= 15 is 0 Å². The number of carbonyl (C=O) groups is 1. The maximum atomic E-state index is 9.56. The summed E-state index contributed by atoms with van der Waals surface area (Å²) in [6.45, 7) is 4.09. The summed E-state index contributed by atoms with van der Waals surface area (Å²) < 4.78 is 11.2. The van der Waals surface area contributed by atoms with Gasteiger partial charge in [-0.3, -0.25) is 4.79 Å². The predicted molar refractivity (Wildman–Crippen MR) is 108 cm³/mol. The largest absolute Gasteiger partial charge is 0.486 e. The third kappa shape index (κ3) is 4.95. The van der Waals surface area contributed by atoms with E-state index in [1.165, 1.54) is 0 Å². The first kappa shape index (κ1) is 20.4. The van der Waals surface area contributed by atoms with Crippen molar-refractivity contribution < 1.29 is 19.4 Å². The summed E-state index contributed by atoms with van der Waals surface area (Å²) in [6, 6.07) is 9.92. The van der Waals surface area contributed by atoms with Crippen molar-refractivity contribution in [2.45, 2.75) is 25.7 Å². The minimum Gasteiger partial charge on any atom is -0.486 e. The normalized spacial score (nSPS) is 17.4. The van der Waals surface area contributed by atoms with Crippen LogP contribution in [0.5, 0.6) is 11.5 Å². The molecule has 1 saturated heterocycles. The average molecular weight is 396 g/mol. The van der Waals surface area contributed by atoms with E-state index in [9.17, 15) is 5.26 Å². The van der Waals surface area contributed by atoms with Crippen LogP contribution in [0, 0.1) is 11.3 Å². The summed E-state index contributed by atoms with van der Waals surface area (Å²) in [5, 5.41) is 20.4. The van der Waals surface area contributed by atoms with Gasteiger partial charge in [-0.2, -0.15) is 5.26 Å².